The van der Waals surface area contributed by atoms with E-state index in [1.54, 1.807) is 48.5 Å². The van der Waals surface area contributed by atoms with Crippen molar-refractivity contribution in [2.75, 3.05) is 11.9 Å². The molecule has 0 unspecified atom stereocenters. The standard InChI is InChI=1S/C23H18N4O5/c1-2-31-21-5-3-4-18(13-21)26-23(28)17(14-24)12-16-6-9-20(10-7-16)32-22-11-8-19(15-25-22)27(29)30/h3-13,15H,2H2,1H3,(H,26,28)/b17-12-. The van der Waals surface area contributed by atoms with E-state index in [0.29, 0.717) is 29.4 Å². The molecule has 0 aliphatic rings. The Morgan fingerprint density at radius 3 is 2.59 bits per heavy atom. The number of anilines is 1. The third kappa shape index (κ3) is 5.90. The summed E-state index contributed by atoms with van der Waals surface area (Å²) >= 11 is 0. The summed E-state index contributed by atoms with van der Waals surface area (Å²) in [7, 11) is 0. The van der Waals surface area contributed by atoms with E-state index >= 15 is 0 Å². The molecule has 0 fully saturated rings. The van der Waals surface area contributed by atoms with Gasteiger partial charge in [-0.05, 0) is 42.8 Å². The number of nitriles is 1. The Morgan fingerprint density at radius 1 is 1.19 bits per heavy atom. The zero-order valence-electron chi connectivity index (χ0n) is 17.0. The Balaban J connectivity index is 1.68. The molecule has 1 amide bonds. The van der Waals surface area contributed by atoms with Crippen molar-refractivity contribution in [2.24, 2.45) is 0 Å². The van der Waals surface area contributed by atoms with Crippen LogP contribution in [0.5, 0.6) is 17.4 Å². The summed E-state index contributed by atoms with van der Waals surface area (Å²) in [6.45, 7) is 2.36. The van der Waals surface area contributed by atoms with Gasteiger partial charge in [0.15, 0.2) is 0 Å². The smallest absolute Gasteiger partial charge is 0.287 e. The fourth-order valence-electron chi connectivity index (χ4n) is 2.64. The number of aromatic nitrogens is 1. The zero-order chi connectivity index (χ0) is 22.9. The summed E-state index contributed by atoms with van der Waals surface area (Å²) < 4.78 is 10.9. The monoisotopic (exact) mass is 430 g/mol. The van der Waals surface area contributed by atoms with Crippen LogP contribution < -0.4 is 14.8 Å². The van der Waals surface area contributed by atoms with Gasteiger partial charge in [-0.25, -0.2) is 4.98 Å². The molecule has 3 aromatic rings. The largest absolute Gasteiger partial charge is 0.494 e. The van der Waals surface area contributed by atoms with Gasteiger partial charge in [-0.15, -0.1) is 0 Å². The minimum absolute atomic E-state index is 0.0717. The second-order valence-corrected chi connectivity index (χ2v) is 6.37. The van der Waals surface area contributed by atoms with E-state index < -0.39 is 10.8 Å². The Labute approximate surface area is 183 Å². The first-order valence-electron chi connectivity index (χ1n) is 9.53. The van der Waals surface area contributed by atoms with Crippen LogP contribution in [-0.4, -0.2) is 22.4 Å². The highest BCUT2D eigenvalue weighted by Gasteiger charge is 2.11. The van der Waals surface area contributed by atoms with Crippen molar-refractivity contribution in [3.63, 3.8) is 0 Å². The molecule has 2 aromatic carbocycles. The lowest BCUT2D eigenvalue weighted by Gasteiger charge is -2.08. The van der Waals surface area contributed by atoms with E-state index in [1.807, 2.05) is 13.0 Å². The number of nitro groups is 1. The first kappa shape index (κ1) is 22.0. The number of benzene rings is 2. The number of ether oxygens (including phenoxy) is 2. The van der Waals surface area contributed by atoms with E-state index in [1.165, 1.54) is 18.2 Å². The zero-order valence-corrected chi connectivity index (χ0v) is 17.0. The quantitative estimate of drug-likeness (QED) is 0.237. The third-order valence-corrected chi connectivity index (χ3v) is 4.11. The van der Waals surface area contributed by atoms with Crippen molar-refractivity contribution in [2.45, 2.75) is 6.92 Å². The summed E-state index contributed by atoms with van der Waals surface area (Å²) in [5.41, 5.74) is 0.924. The SMILES string of the molecule is CCOc1cccc(NC(=O)/C(C#N)=C\c2ccc(Oc3ccc([N+](=O)[O-])cn3)cc2)c1. The Bertz CT molecular complexity index is 1180. The topological polar surface area (TPSA) is 127 Å². The molecule has 1 aromatic heterocycles. The molecule has 0 spiro atoms. The van der Waals surface area contributed by atoms with E-state index in [0.717, 1.165) is 6.20 Å². The summed E-state index contributed by atoms with van der Waals surface area (Å²) in [5.74, 6) is 0.715. The van der Waals surface area contributed by atoms with Crippen molar-refractivity contribution in [3.8, 4) is 23.4 Å². The van der Waals surface area contributed by atoms with E-state index in [4.69, 9.17) is 9.47 Å². The van der Waals surface area contributed by atoms with Crippen molar-refractivity contribution in [3.05, 3.63) is 88.1 Å². The van der Waals surface area contributed by atoms with E-state index in [2.05, 4.69) is 10.3 Å². The maximum absolute atomic E-state index is 12.5. The number of rotatable bonds is 8. The Hall–Kier alpha value is -4.71. The number of pyridine rings is 1. The molecule has 1 heterocycles. The van der Waals surface area contributed by atoms with Gasteiger partial charge in [0.25, 0.3) is 11.6 Å². The first-order chi connectivity index (χ1) is 15.5. The van der Waals surface area contributed by atoms with E-state index in [9.17, 15) is 20.2 Å². The van der Waals surface area contributed by atoms with Crippen LogP contribution in [0.25, 0.3) is 6.08 Å². The molecule has 1 N–H and O–H groups in total. The van der Waals surface area contributed by atoms with Crippen molar-refractivity contribution < 1.29 is 19.2 Å². The summed E-state index contributed by atoms with van der Waals surface area (Å²) in [4.78, 5) is 26.5. The second kappa shape index (κ2) is 10.4. The molecule has 0 saturated heterocycles. The van der Waals surface area contributed by atoms with Crippen LogP contribution in [0.4, 0.5) is 11.4 Å². The molecular formula is C23H18N4O5. The molecule has 9 heteroatoms. The normalized spacial score (nSPS) is 10.7. The number of hydrogen-bond acceptors (Lipinski definition) is 7. The number of nitrogens with one attached hydrogen (secondary N) is 1. The highest BCUT2D eigenvalue weighted by Crippen LogP contribution is 2.23. The molecule has 0 saturated carbocycles. The molecule has 0 atom stereocenters. The van der Waals surface area contributed by atoms with Gasteiger partial charge >= 0.3 is 0 Å². The van der Waals surface area contributed by atoms with Gasteiger partial charge < -0.3 is 14.8 Å². The minimum atomic E-state index is -0.545. The van der Waals surface area contributed by atoms with Crippen molar-refractivity contribution in [1.29, 1.82) is 5.26 Å². The molecule has 0 aliphatic heterocycles. The summed E-state index contributed by atoms with van der Waals surface area (Å²) in [6, 6.07) is 18.1. The average Bonchev–Trinajstić information content (AvgIpc) is 2.79. The van der Waals surface area contributed by atoms with Gasteiger partial charge in [0.2, 0.25) is 5.88 Å². The van der Waals surface area contributed by atoms with Crippen LogP contribution in [0.3, 0.4) is 0 Å². The fraction of sp³-hybridized carbons (Fsp3) is 0.0870. The van der Waals surface area contributed by atoms with Crippen LogP contribution in [0.1, 0.15) is 12.5 Å². The molecule has 0 bridgehead atoms. The number of carbonyl (C=O) groups is 1. The molecule has 32 heavy (non-hydrogen) atoms. The van der Waals surface area contributed by atoms with Crippen molar-refractivity contribution in [1.82, 2.24) is 4.98 Å². The third-order valence-electron chi connectivity index (χ3n) is 4.11. The minimum Gasteiger partial charge on any atom is -0.494 e. The molecule has 0 aliphatic carbocycles. The van der Waals surface area contributed by atoms with Crippen LogP contribution >= 0.6 is 0 Å². The van der Waals surface area contributed by atoms with Crippen LogP contribution in [-0.2, 0) is 4.79 Å². The maximum atomic E-state index is 12.5. The van der Waals surface area contributed by atoms with Crippen molar-refractivity contribution >= 4 is 23.4 Å². The second-order valence-electron chi connectivity index (χ2n) is 6.37. The van der Waals surface area contributed by atoms with E-state index in [-0.39, 0.29) is 17.1 Å². The lowest BCUT2D eigenvalue weighted by molar-refractivity contribution is -0.385. The molecule has 9 nitrogen and oxygen atoms in total. The average molecular weight is 430 g/mol. The van der Waals surface area contributed by atoms with Gasteiger partial charge in [-0.1, -0.05) is 18.2 Å². The predicted molar refractivity (Wildman–Crippen MR) is 117 cm³/mol. The van der Waals surface area contributed by atoms with Gasteiger partial charge in [0, 0.05) is 23.9 Å². The lowest BCUT2D eigenvalue weighted by Crippen LogP contribution is -2.13. The Kier molecular flexibility index (Phi) is 7.12. The first-order valence-corrected chi connectivity index (χ1v) is 9.53. The van der Waals surface area contributed by atoms with Crippen LogP contribution in [0.15, 0.2) is 72.4 Å². The molecule has 0 radical (unpaired) electrons. The summed E-state index contributed by atoms with van der Waals surface area (Å²) in [6.07, 6.45) is 2.56. The number of nitrogens with zero attached hydrogens (tertiary/aromatic N) is 3. The van der Waals surface area contributed by atoms with Gasteiger partial charge in [-0.3, -0.25) is 14.9 Å². The number of hydrogen-bond donors (Lipinski definition) is 1. The van der Waals surface area contributed by atoms with Gasteiger partial charge in [-0.2, -0.15) is 5.26 Å². The molecule has 3 rings (SSSR count). The lowest BCUT2D eigenvalue weighted by atomic mass is 10.1. The number of amides is 1. The molecule has 160 valence electrons. The highest BCUT2D eigenvalue weighted by molar-refractivity contribution is 6.09. The Morgan fingerprint density at radius 2 is 1.97 bits per heavy atom. The van der Waals surface area contributed by atoms with Gasteiger partial charge in [0.1, 0.15) is 29.3 Å². The number of carbonyl (C=O) groups excluding carboxylic acids is 1. The maximum Gasteiger partial charge on any atom is 0.287 e. The molecular weight excluding hydrogens is 412 g/mol. The van der Waals surface area contributed by atoms with Crippen LogP contribution in [0, 0.1) is 21.4 Å². The fourth-order valence-corrected chi connectivity index (χ4v) is 2.64. The highest BCUT2D eigenvalue weighted by atomic mass is 16.6. The van der Waals surface area contributed by atoms with Crippen LogP contribution in [0.2, 0.25) is 0 Å². The summed E-state index contributed by atoms with van der Waals surface area (Å²) in [5, 5.41) is 22.8. The van der Waals surface area contributed by atoms with Gasteiger partial charge in [0.05, 0.1) is 11.5 Å². The predicted octanol–water partition coefficient (Wildman–Crippen LogP) is 4.73.